The number of carbonyl (C=O) groups is 1. The second-order valence-corrected chi connectivity index (χ2v) is 5.81. The maximum absolute atomic E-state index is 11.7. The molecule has 0 radical (unpaired) electrons. The van der Waals surface area contributed by atoms with Gasteiger partial charge in [0.2, 0.25) is 0 Å². The molecule has 0 aliphatic heterocycles. The van der Waals surface area contributed by atoms with Gasteiger partial charge >= 0.3 is 5.97 Å². The van der Waals surface area contributed by atoms with E-state index >= 15 is 0 Å². The average molecular weight is 320 g/mol. The Hall–Kier alpha value is -0.880. The number of hydrogen-bond acceptors (Lipinski definition) is 4. The smallest absolute Gasteiger partial charge is 0.356 e. The minimum Gasteiger partial charge on any atom is -0.464 e. The van der Waals surface area contributed by atoms with Gasteiger partial charge in [-0.3, -0.25) is 0 Å². The summed E-state index contributed by atoms with van der Waals surface area (Å²) in [7, 11) is 1.30. The molecule has 0 spiro atoms. The summed E-state index contributed by atoms with van der Waals surface area (Å²) in [6.45, 7) is 0. The predicted molar refractivity (Wildman–Crippen MR) is 76.3 cm³/mol. The number of esters is 1. The number of thiazole rings is 1. The fourth-order valence-electron chi connectivity index (χ4n) is 1.46. The van der Waals surface area contributed by atoms with Crippen LogP contribution in [0.4, 0.5) is 0 Å². The van der Waals surface area contributed by atoms with Crippen LogP contribution in [0.3, 0.4) is 0 Å². The number of ether oxygens (including phenoxy) is 1. The molecule has 94 valence electrons. The van der Waals surface area contributed by atoms with Crippen LogP contribution in [0.25, 0.3) is 10.4 Å². The highest BCUT2D eigenvalue weighted by molar-refractivity contribution is 7.73. The van der Waals surface area contributed by atoms with Gasteiger partial charge in [0.1, 0.15) is 5.69 Å². The lowest BCUT2D eigenvalue weighted by molar-refractivity contribution is 0.0596. The second-order valence-electron chi connectivity index (χ2n) is 3.31. The molecule has 0 aliphatic carbocycles. The van der Waals surface area contributed by atoms with Crippen LogP contribution in [-0.2, 0) is 4.74 Å². The van der Waals surface area contributed by atoms with Gasteiger partial charge in [-0.1, -0.05) is 29.3 Å². The van der Waals surface area contributed by atoms with Crippen molar-refractivity contribution in [1.29, 1.82) is 0 Å². The molecule has 1 aromatic heterocycles. The number of H-pyrrole nitrogens is 1. The normalized spacial score (nSPS) is 10.4. The Kier molecular flexibility index (Phi) is 4.07. The second kappa shape index (κ2) is 5.40. The average Bonchev–Trinajstić information content (AvgIpc) is 2.70. The van der Waals surface area contributed by atoms with Gasteiger partial charge in [0.15, 0.2) is 3.95 Å². The standard InChI is InChI=1S/C11H7Cl2NO2S2/c1-16-10(15)8-9(18-11(17)14-8)7-5(12)3-2-4-6(7)13/h2-4H,1H3,(H,14,17). The summed E-state index contributed by atoms with van der Waals surface area (Å²) in [5, 5.41) is 0.913. The molecule has 0 unspecified atom stereocenters. The first-order valence-corrected chi connectivity index (χ1v) is 6.78. The molecule has 2 aromatic rings. The maximum Gasteiger partial charge on any atom is 0.356 e. The van der Waals surface area contributed by atoms with Crippen LogP contribution < -0.4 is 0 Å². The van der Waals surface area contributed by atoms with Crippen LogP contribution in [0.2, 0.25) is 10.0 Å². The Morgan fingerprint density at radius 3 is 2.56 bits per heavy atom. The number of aromatic amines is 1. The number of carbonyl (C=O) groups excluding carboxylic acids is 1. The van der Waals surface area contributed by atoms with Gasteiger partial charge in [0.05, 0.1) is 22.0 Å². The molecule has 1 N–H and O–H groups in total. The molecule has 7 heteroatoms. The SMILES string of the molecule is COC(=O)c1[nH]c(=S)sc1-c1c(Cl)cccc1Cl. The third kappa shape index (κ3) is 2.44. The first kappa shape index (κ1) is 13.5. The molecular weight excluding hydrogens is 313 g/mol. The monoisotopic (exact) mass is 319 g/mol. The zero-order valence-electron chi connectivity index (χ0n) is 9.12. The van der Waals surface area contributed by atoms with Gasteiger partial charge in [0.25, 0.3) is 0 Å². The highest BCUT2D eigenvalue weighted by Crippen LogP contribution is 2.39. The van der Waals surface area contributed by atoms with Gasteiger partial charge in [-0.15, -0.1) is 11.3 Å². The van der Waals surface area contributed by atoms with Crippen molar-refractivity contribution >= 4 is 52.7 Å². The van der Waals surface area contributed by atoms with Crippen molar-refractivity contribution in [2.24, 2.45) is 0 Å². The summed E-state index contributed by atoms with van der Waals surface area (Å²) in [5.74, 6) is -0.506. The third-order valence-electron chi connectivity index (χ3n) is 2.23. The van der Waals surface area contributed by atoms with E-state index in [-0.39, 0.29) is 5.69 Å². The minimum absolute atomic E-state index is 0.266. The van der Waals surface area contributed by atoms with Gasteiger partial charge in [-0.25, -0.2) is 4.79 Å². The fourth-order valence-corrected chi connectivity index (χ4v) is 3.41. The van der Waals surface area contributed by atoms with Crippen molar-refractivity contribution in [2.75, 3.05) is 7.11 Å². The first-order chi connectivity index (χ1) is 8.54. The Labute approximate surface area is 122 Å². The van der Waals surface area contributed by atoms with Crippen molar-refractivity contribution in [3.05, 3.63) is 37.9 Å². The van der Waals surface area contributed by atoms with Crippen molar-refractivity contribution < 1.29 is 9.53 Å². The molecule has 1 aromatic carbocycles. The summed E-state index contributed by atoms with van der Waals surface area (Å²) in [4.78, 5) is 15.0. The fraction of sp³-hybridized carbons (Fsp3) is 0.0909. The van der Waals surface area contributed by atoms with Crippen LogP contribution in [-0.4, -0.2) is 18.1 Å². The van der Waals surface area contributed by atoms with Gasteiger partial charge in [0, 0.05) is 5.56 Å². The molecule has 18 heavy (non-hydrogen) atoms. The molecule has 0 saturated heterocycles. The molecule has 0 fully saturated rings. The van der Waals surface area contributed by atoms with Gasteiger partial charge < -0.3 is 9.72 Å². The van der Waals surface area contributed by atoms with Crippen molar-refractivity contribution in [3.63, 3.8) is 0 Å². The third-order valence-corrected chi connectivity index (χ3v) is 4.11. The lowest BCUT2D eigenvalue weighted by Gasteiger charge is -2.06. The quantitative estimate of drug-likeness (QED) is 0.651. The maximum atomic E-state index is 11.7. The van der Waals surface area contributed by atoms with Gasteiger partial charge in [-0.05, 0) is 24.4 Å². The molecule has 0 atom stereocenters. The Balaban J connectivity index is 2.72. The topological polar surface area (TPSA) is 42.1 Å². The first-order valence-electron chi connectivity index (χ1n) is 4.80. The Morgan fingerprint density at radius 2 is 2.00 bits per heavy atom. The summed E-state index contributed by atoms with van der Waals surface area (Å²) in [5.41, 5.74) is 0.848. The number of rotatable bonds is 2. The van der Waals surface area contributed by atoms with Crippen molar-refractivity contribution in [2.45, 2.75) is 0 Å². The Bertz CT molecular complexity index is 643. The summed E-state index contributed by atoms with van der Waals surface area (Å²) in [6.07, 6.45) is 0. The number of aromatic nitrogens is 1. The van der Waals surface area contributed by atoms with Crippen LogP contribution in [0, 0.1) is 3.95 Å². The largest absolute Gasteiger partial charge is 0.464 e. The van der Waals surface area contributed by atoms with E-state index in [2.05, 4.69) is 4.98 Å². The molecule has 0 amide bonds. The van der Waals surface area contributed by atoms with E-state index in [1.54, 1.807) is 18.2 Å². The molecule has 3 nitrogen and oxygen atoms in total. The van der Waals surface area contributed by atoms with E-state index in [0.717, 1.165) is 0 Å². The van der Waals surface area contributed by atoms with E-state index in [9.17, 15) is 4.79 Å². The van der Waals surface area contributed by atoms with Crippen molar-refractivity contribution in [3.8, 4) is 10.4 Å². The van der Waals surface area contributed by atoms with E-state index in [0.29, 0.717) is 24.4 Å². The van der Waals surface area contributed by atoms with Crippen LogP contribution in [0.1, 0.15) is 10.5 Å². The predicted octanol–water partition coefficient (Wildman–Crippen LogP) is 4.57. The van der Waals surface area contributed by atoms with Crippen LogP contribution in [0.5, 0.6) is 0 Å². The molecule has 0 aliphatic rings. The van der Waals surface area contributed by atoms with Gasteiger partial charge in [-0.2, -0.15) is 0 Å². The number of methoxy groups -OCH3 is 1. The Morgan fingerprint density at radius 1 is 1.39 bits per heavy atom. The summed E-state index contributed by atoms with van der Waals surface area (Å²) >= 11 is 18.5. The highest BCUT2D eigenvalue weighted by Gasteiger charge is 2.20. The van der Waals surface area contributed by atoms with E-state index < -0.39 is 5.97 Å². The van der Waals surface area contributed by atoms with Crippen LogP contribution in [0.15, 0.2) is 18.2 Å². The van der Waals surface area contributed by atoms with Crippen molar-refractivity contribution in [1.82, 2.24) is 4.98 Å². The number of benzene rings is 1. The molecule has 1 heterocycles. The van der Waals surface area contributed by atoms with E-state index in [4.69, 9.17) is 40.2 Å². The lowest BCUT2D eigenvalue weighted by Crippen LogP contribution is -2.03. The van der Waals surface area contributed by atoms with E-state index in [1.165, 1.54) is 18.4 Å². The molecule has 0 bridgehead atoms. The molecule has 0 saturated carbocycles. The summed E-state index contributed by atoms with van der Waals surface area (Å²) < 4.78 is 5.16. The van der Waals surface area contributed by atoms with Crippen LogP contribution >= 0.6 is 46.8 Å². The van der Waals surface area contributed by atoms with E-state index in [1.807, 2.05) is 0 Å². The number of nitrogens with one attached hydrogen (secondary N) is 1. The molecule has 2 rings (SSSR count). The highest BCUT2D eigenvalue weighted by atomic mass is 35.5. The lowest BCUT2D eigenvalue weighted by atomic mass is 10.1. The number of hydrogen-bond donors (Lipinski definition) is 1. The minimum atomic E-state index is -0.506. The molecular formula is C11H7Cl2NO2S2. The summed E-state index contributed by atoms with van der Waals surface area (Å²) in [6, 6.07) is 5.14. The zero-order chi connectivity index (χ0) is 13.3. The zero-order valence-corrected chi connectivity index (χ0v) is 12.3. The number of halogens is 2.